The van der Waals surface area contributed by atoms with Gasteiger partial charge in [0.1, 0.15) is 0 Å². The Bertz CT molecular complexity index is 480. The second-order valence-electron chi connectivity index (χ2n) is 4.75. The number of rotatable bonds is 4. The van der Waals surface area contributed by atoms with Crippen LogP contribution in [0.25, 0.3) is 5.57 Å². The second kappa shape index (κ2) is 4.73. The van der Waals surface area contributed by atoms with Gasteiger partial charge in [-0.05, 0) is 37.0 Å². The van der Waals surface area contributed by atoms with Gasteiger partial charge in [0.05, 0.1) is 24.7 Å². The lowest BCUT2D eigenvalue weighted by molar-refractivity contribution is 0.0312. The van der Waals surface area contributed by atoms with E-state index in [1.165, 1.54) is 16.7 Å². The van der Waals surface area contributed by atoms with Crippen molar-refractivity contribution < 1.29 is 4.74 Å². The van der Waals surface area contributed by atoms with Gasteiger partial charge < -0.3 is 4.74 Å². The van der Waals surface area contributed by atoms with Crippen molar-refractivity contribution in [2.24, 2.45) is 0 Å². The Morgan fingerprint density at radius 1 is 1.35 bits per heavy atom. The van der Waals surface area contributed by atoms with E-state index in [-0.39, 0.29) is 5.60 Å². The zero-order valence-electron chi connectivity index (χ0n) is 10.4. The lowest BCUT2D eigenvalue weighted by atomic mass is 9.92. The van der Waals surface area contributed by atoms with Crippen LogP contribution in [-0.4, -0.2) is 12.2 Å². The molecular formula is C15H17NO. The zero-order valence-corrected chi connectivity index (χ0v) is 10.4. The molecule has 1 aromatic rings. The summed E-state index contributed by atoms with van der Waals surface area (Å²) in [6.07, 6.45) is 3.66. The summed E-state index contributed by atoms with van der Waals surface area (Å²) in [5.74, 6) is 0. The maximum Gasteiger partial charge on any atom is 0.0878 e. The van der Waals surface area contributed by atoms with E-state index in [0.29, 0.717) is 13.0 Å². The summed E-state index contributed by atoms with van der Waals surface area (Å²) in [7, 11) is 0. The van der Waals surface area contributed by atoms with Gasteiger partial charge in [-0.2, -0.15) is 5.26 Å². The minimum Gasteiger partial charge on any atom is -0.370 e. The van der Waals surface area contributed by atoms with Crippen molar-refractivity contribution in [3.05, 3.63) is 41.5 Å². The first-order chi connectivity index (χ1) is 8.15. The van der Waals surface area contributed by atoms with Crippen molar-refractivity contribution in [1.82, 2.24) is 0 Å². The van der Waals surface area contributed by atoms with Crippen molar-refractivity contribution in [3.8, 4) is 6.07 Å². The van der Waals surface area contributed by atoms with E-state index in [1.54, 1.807) is 0 Å². The molecule has 1 aliphatic rings. The molecule has 2 nitrogen and oxygen atoms in total. The minimum absolute atomic E-state index is 0.316. The number of allylic oxidation sites excluding steroid dienone is 1. The third kappa shape index (κ3) is 2.40. The van der Waals surface area contributed by atoms with E-state index >= 15 is 0 Å². The molecule has 0 fully saturated rings. The van der Waals surface area contributed by atoms with Crippen LogP contribution >= 0.6 is 0 Å². The fraction of sp³-hybridized carbons (Fsp3) is 0.400. The van der Waals surface area contributed by atoms with E-state index in [1.807, 2.05) is 0 Å². The van der Waals surface area contributed by atoms with Gasteiger partial charge in [0.15, 0.2) is 0 Å². The van der Waals surface area contributed by atoms with Gasteiger partial charge in [-0.15, -0.1) is 0 Å². The molecule has 2 rings (SSSR count). The normalized spacial score (nSPS) is 14.1. The summed E-state index contributed by atoms with van der Waals surface area (Å²) in [4.78, 5) is 0. The molecule has 2 heteroatoms. The third-order valence-corrected chi connectivity index (χ3v) is 3.16. The summed E-state index contributed by atoms with van der Waals surface area (Å²) < 4.78 is 5.82. The molecule has 0 spiro atoms. The quantitative estimate of drug-likeness (QED) is 0.739. The summed E-state index contributed by atoms with van der Waals surface area (Å²) in [5, 5.41) is 8.54. The van der Waals surface area contributed by atoms with Gasteiger partial charge in [-0.1, -0.05) is 30.3 Å². The van der Waals surface area contributed by atoms with Crippen LogP contribution in [0, 0.1) is 11.3 Å². The zero-order chi connectivity index (χ0) is 12.3. The smallest absolute Gasteiger partial charge is 0.0878 e. The topological polar surface area (TPSA) is 33.0 Å². The maximum absolute atomic E-state index is 8.54. The molecule has 0 aliphatic heterocycles. The molecule has 17 heavy (non-hydrogen) atoms. The first kappa shape index (κ1) is 11.9. The summed E-state index contributed by atoms with van der Waals surface area (Å²) in [5.41, 5.74) is 3.57. The van der Waals surface area contributed by atoms with Crippen molar-refractivity contribution in [2.45, 2.75) is 32.3 Å². The van der Waals surface area contributed by atoms with Crippen LogP contribution in [0.4, 0.5) is 0 Å². The van der Waals surface area contributed by atoms with Crippen LogP contribution in [0.5, 0.6) is 0 Å². The van der Waals surface area contributed by atoms with Crippen molar-refractivity contribution in [1.29, 1.82) is 5.26 Å². The molecule has 0 saturated carbocycles. The molecule has 0 aromatic heterocycles. The highest BCUT2D eigenvalue weighted by atomic mass is 16.5. The molecule has 88 valence electrons. The van der Waals surface area contributed by atoms with E-state index in [2.05, 4.69) is 50.3 Å². The summed E-state index contributed by atoms with van der Waals surface area (Å²) >= 11 is 0. The number of fused-ring (bicyclic) bond motifs is 1. The van der Waals surface area contributed by atoms with Crippen LogP contribution in [-0.2, 0) is 11.2 Å². The summed E-state index contributed by atoms with van der Waals surface area (Å²) in [6, 6.07) is 10.5. The molecule has 0 atom stereocenters. The molecule has 1 aromatic carbocycles. The number of ether oxygens (including phenoxy) is 1. The van der Waals surface area contributed by atoms with Gasteiger partial charge in [0.25, 0.3) is 0 Å². The van der Waals surface area contributed by atoms with Crippen LogP contribution in [0.1, 0.15) is 31.4 Å². The second-order valence-corrected chi connectivity index (χ2v) is 4.75. The Morgan fingerprint density at radius 2 is 2.12 bits per heavy atom. The Kier molecular flexibility index (Phi) is 3.31. The van der Waals surface area contributed by atoms with E-state index in [9.17, 15) is 0 Å². The summed E-state index contributed by atoms with van der Waals surface area (Å²) in [6.45, 7) is 4.62. The number of nitriles is 1. The molecule has 0 heterocycles. The molecule has 0 N–H and O–H groups in total. The van der Waals surface area contributed by atoms with Crippen LogP contribution in [0.15, 0.2) is 30.3 Å². The van der Waals surface area contributed by atoms with Crippen molar-refractivity contribution in [3.63, 3.8) is 0 Å². The number of nitrogens with zero attached hydrogens (tertiary/aromatic N) is 1. The molecule has 0 amide bonds. The van der Waals surface area contributed by atoms with E-state index < -0.39 is 0 Å². The first-order valence-electron chi connectivity index (χ1n) is 5.95. The highest BCUT2D eigenvalue weighted by Crippen LogP contribution is 2.37. The van der Waals surface area contributed by atoms with Gasteiger partial charge in [0, 0.05) is 0 Å². The number of hydrogen-bond acceptors (Lipinski definition) is 2. The monoisotopic (exact) mass is 227 g/mol. The lowest BCUT2D eigenvalue weighted by Crippen LogP contribution is -2.26. The minimum atomic E-state index is -0.316. The Balaban J connectivity index is 2.16. The SMILES string of the molecule is CC(C)(OCCC#N)C1=CCc2ccccc21. The van der Waals surface area contributed by atoms with Gasteiger partial charge in [-0.3, -0.25) is 0 Å². The molecule has 0 saturated heterocycles. The number of hydrogen-bond donors (Lipinski definition) is 0. The molecule has 0 bridgehead atoms. The largest absolute Gasteiger partial charge is 0.370 e. The van der Waals surface area contributed by atoms with Gasteiger partial charge in [0.2, 0.25) is 0 Å². The Labute approximate surface area is 103 Å². The van der Waals surface area contributed by atoms with Crippen molar-refractivity contribution >= 4 is 5.57 Å². The molecule has 0 radical (unpaired) electrons. The average molecular weight is 227 g/mol. The molecule has 0 unspecified atom stereocenters. The Morgan fingerprint density at radius 3 is 2.88 bits per heavy atom. The highest BCUT2D eigenvalue weighted by molar-refractivity contribution is 5.77. The Hall–Kier alpha value is -1.59. The fourth-order valence-corrected chi connectivity index (χ4v) is 2.28. The third-order valence-electron chi connectivity index (χ3n) is 3.16. The van der Waals surface area contributed by atoms with E-state index in [0.717, 1.165) is 6.42 Å². The highest BCUT2D eigenvalue weighted by Gasteiger charge is 2.29. The first-order valence-corrected chi connectivity index (χ1v) is 5.95. The number of benzene rings is 1. The van der Waals surface area contributed by atoms with E-state index in [4.69, 9.17) is 10.00 Å². The average Bonchev–Trinajstić information content (AvgIpc) is 2.73. The van der Waals surface area contributed by atoms with Crippen LogP contribution in [0.3, 0.4) is 0 Å². The maximum atomic E-state index is 8.54. The standard InChI is InChI=1S/C15H17NO/c1-15(2,17-11-5-10-16)14-9-8-12-6-3-4-7-13(12)14/h3-4,6-7,9H,5,8,11H2,1-2H3. The lowest BCUT2D eigenvalue weighted by Gasteiger charge is -2.27. The van der Waals surface area contributed by atoms with Crippen molar-refractivity contribution in [2.75, 3.05) is 6.61 Å². The van der Waals surface area contributed by atoms with Gasteiger partial charge >= 0.3 is 0 Å². The van der Waals surface area contributed by atoms with Crippen LogP contribution < -0.4 is 0 Å². The van der Waals surface area contributed by atoms with Crippen LogP contribution in [0.2, 0.25) is 0 Å². The van der Waals surface area contributed by atoms with Gasteiger partial charge in [-0.25, -0.2) is 0 Å². The fourth-order valence-electron chi connectivity index (χ4n) is 2.28. The molecule has 1 aliphatic carbocycles. The predicted molar refractivity (Wildman–Crippen MR) is 68.4 cm³/mol. The predicted octanol–water partition coefficient (Wildman–Crippen LogP) is 3.33. The molecular weight excluding hydrogens is 210 g/mol.